The van der Waals surface area contributed by atoms with Gasteiger partial charge in [0.15, 0.2) is 0 Å². The highest BCUT2D eigenvalue weighted by Gasteiger charge is 2.15. The van der Waals surface area contributed by atoms with Crippen LogP contribution in [0.1, 0.15) is 5.69 Å². The number of ether oxygens (including phenoxy) is 1. The van der Waals surface area contributed by atoms with Gasteiger partial charge in [-0.3, -0.25) is 4.79 Å². The van der Waals surface area contributed by atoms with Crippen LogP contribution in [-0.2, 0) is 15.4 Å². The molecule has 8 heteroatoms. The van der Waals surface area contributed by atoms with Crippen LogP contribution in [-0.4, -0.2) is 33.5 Å². The Hall–Kier alpha value is -1.57. The Labute approximate surface area is 95.9 Å². The van der Waals surface area contributed by atoms with Gasteiger partial charge >= 0.3 is 11.8 Å². The van der Waals surface area contributed by atoms with Crippen LogP contribution in [0.4, 0.5) is 5.82 Å². The van der Waals surface area contributed by atoms with Crippen LogP contribution in [0.25, 0.3) is 0 Å². The molecule has 16 heavy (non-hydrogen) atoms. The third kappa shape index (κ3) is 3.23. The second-order valence-corrected chi connectivity index (χ2v) is 3.91. The quantitative estimate of drug-likeness (QED) is 0.436. The summed E-state index contributed by atoms with van der Waals surface area (Å²) in [6.07, 6.45) is 0. The van der Waals surface area contributed by atoms with Crippen LogP contribution >= 0.6 is 11.8 Å². The second-order valence-electron chi connectivity index (χ2n) is 2.95. The lowest BCUT2D eigenvalue weighted by atomic mass is 10.5. The van der Waals surface area contributed by atoms with Gasteiger partial charge in [0.2, 0.25) is 0 Å². The molecule has 0 aliphatic carbocycles. The van der Waals surface area contributed by atoms with E-state index in [4.69, 9.17) is 0 Å². The zero-order valence-electron chi connectivity index (χ0n) is 8.87. The van der Waals surface area contributed by atoms with Gasteiger partial charge in [-0.15, -0.1) is 11.8 Å². The maximum Gasteiger partial charge on any atom is 0.390 e. The molecule has 1 heterocycles. The number of hydrogen-bond acceptors (Lipinski definition) is 6. The van der Waals surface area contributed by atoms with E-state index in [1.165, 1.54) is 29.6 Å². The van der Waals surface area contributed by atoms with Crippen LogP contribution < -0.4 is 0 Å². The SMILES string of the molecule is COC(=O)CSCn1nc([N+](=O)[O-])cc1C. The van der Waals surface area contributed by atoms with E-state index in [9.17, 15) is 14.9 Å². The Morgan fingerprint density at radius 3 is 2.94 bits per heavy atom. The number of thioether (sulfide) groups is 1. The molecule has 0 saturated carbocycles. The maximum atomic E-state index is 10.8. The molecule has 0 aliphatic rings. The zero-order chi connectivity index (χ0) is 12.1. The molecule has 0 saturated heterocycles. The van der Waals surface area contributed by atoms with Crippen molar-refractivity contribution in [1.82, 2.24) is 9.78 Å². The minimum absolute atomic E-state index is 0.184. The molecular weight excluding hydrogens is 234 g/mol. The van der Waals surface area contributed by atoms with Gasteiger partial charge in [0.05, 0.1) is 29.7 Å². The highest BCUT2D eigenvalue weighted by Crippen LogP contribution is 2.14. The Morgan fingerprint density at radius 1 is 1.75 bits per heavy atom. The van der Waals surface area contributed by atoms with E-state index in [1.807, 2.05) is 0 Å². The fourth-order valence-corrected chi connectivity index (χ4v) is 1.80. The van der Waals surface area contributed by atoms with Crippen LogP contribution in [0.15, 0.2) is 6.07 Å². The van der Waals surface area contributed by atoms with Crippen molar-refractivity contribution < 1.29 is 14.5 Å². The minimum atomic E-state index is -0.547. The van der Waals surface area contributed by atoms with Gasteiger partial charge in [0, 0.05) is 0 Å². The van der Waals surface area contributed by atoms with Crippen LogP contribution in [0.2, 0.25) is 0 Å². The van der Waals surface area contributed by atoms with Crippen molar-refractivity contribution in [2.45, 2.75) is 12.8 Å². The summed E-state index contributed by atoms with van der Waals surface area (Å²) in [5.74, 6) is 0.0683. The number of hydrogen-bond donors (Lipinski definition) is 0. The first-order valence-electron chi connectivity index (χ1n) is 4.38. The van der Waals surface area contributed by atoms with Crippen LogP contribution in [0.3, 0.4) is 0 Å². The molecule has 0 unspecified atom stereocenters. The molecule has 0 bridgehead atoms. The van der Waals surface area contributed by atoms with Crippen LogP contribution in [0, 0.1) is 17.0 Å². The van der Waals surface area contributed by atoms with Crippen molar-refractivity contribution in [2.75, 3.05) is 12.9 Å². The van der Waals surface area contributed by atoms with E-state index in [1.54, 1.807) is 6.92 Å². The molecule has 0 fully saturated rings. The number of aromatic nitrogens is 2. The fourth-order valence-electron chi connectivity index (χ4n) is 0.987. The number of esters is 1. The second kappa shape index (κ2) is 5.50. The Morgan fingerprint density at radius 2 is 2.44 bits per heavy atom. The van der Waals surface area contributed by atoms with Gasteiger partial charge in [-0.05, 0) is 11.8 Å². The minimum Gasteiger partial charge on any atom is -0.468 e. The third-order valence-corrected chi connectivity index (χ3v) is 2.68. The van der Waals surface area contributed by atoms with E-state index in [0.717, 1.165) is 0 Å². The monoisotopic (exact) mass is 245 g/mol. The number of aryl methyl sites for hydroxylation is 1. The largest absolute Gasteiger partial charge is 0.468 e. The molecule has 1 aromatic heterocycles. The number of methoxy groups -OCH3 is 1. The number of carbonyl (C=O) groups is 1. The third-order valence-electron chi connectivity index (χ3n) is 1.82. The molecule has 0 amide bonds. The summed E-state index contributed by atoms with van der Waals surface area (Å²) in [6.45, 7) is 1.72. The van der Waals surface area contributed by atoms with Gasteiger partial charge in [0.25, 0.3) is 0 Å². The number of nitrogens with zero attached hydrogens (tertiary/aromatic N) is 3. The first kappa shape index (κ1) is 12.5. The first-order chi connectivity index (χ1) is 7.54. The van der Waals surface area contributed by atoms with Crippen molar-refractivity contribution in [2.24, 2.45) is 0 Å². The first-order valence-corrected chi connectivity index (χ1v) is 5.53. The highest BCUT2D eigenvalue weighted by molar-refractivity contribution is 7.98. The molecule has 88 valence electrons. The predicted molar refractivity (Wildman–Crippen MR) is 58.1 cm³/mol. The molecule has 0 spiro atoms. The highest BCUT2D eigenvalue weighted by atomic mass is 32.2. The summed E-state index contributed by atoms with van der Waals surface area (Å²) in [6, 6.07) is 1.39. The van der Waals surface area contributed by atoms with Crippen molar-refractivity contribution in [3.05, 3.63) is 21.9 Å². The number of carbonyl (C=O) groups excluding carboxylic acids is 1. The normalized spacial score (nSPS) is 10.1. The Balaban J connectivity index is 2.54. The van der Waals surface area contributed by atoms with E-state index >= 15 is 0 Å². The molecular formula is C8H11N3O4S. The van der Waals surface area contributed by atoms with Crippen molar-refractivity contribution >= 4 is 23.5 Å². The summed E-state index contributed by atoms with van der Waals surface area (Å²) in [5, 5.41) is 14.2. The van der Waals surface area contributed by atoms with Crippen molar-refractivity contribution in [1.29, 1.82) is 0 Å². The zero-order valence-corrected chi connectivity index (χ0v) is 9.69. The van der Waals surface area contributed by atoms with Gasteiger partial charge in [-0.2, -0.15) is 4.68 Å². The number of nitro groups is 1. The van der Waals surface area contributed by atoms with E-state index in [-0.39, 0.29) is 17.5 Å². The lowest BCUT2D eigenvalue weighted by Crippen LogP contribution is -2.06. The van der Waals surface area contributed by atoms with E-state index < -0.39 is 4.92 Å². The van der Waals surface area contributed by atoms with E-state index in [2.05, 4.69) is 9.84 Å². The van der Waals surface area contributed by atoms with Gasteiger partial charge < -0.3 is 14.9 Å². The summed E-state index contributed by atoms with van der Waals surface area (Å²) in [4.78, 5) is 20.7. The van der Waals surface area contributed by atoms with Crippen molar-refractivity contribution in [3.63, 3.8) is 0 Å². The topological polar surface area (TPSA) is 87.3 Å². The van der Waals surface area contributed by atoms with Gasteiger partial charge in [-0.1, -0.05) is 0 Å². The lowest BCUT2D eigenvalue weighted by molar-refractivity contribution is -0.389. The smallest absolute Gasteiger partial charge is 0.390 e. The molecule has 0 aromatic carbocycles. The van der Waals surface area contributed by atoms with Gasteiger partial charge in [0.1, 0.15) is 5.88 Å². The molecule has 0 atom stereocenters. The predicted octanol–water partition coefficient (Wildman–Crippen LogP) is 0.963. The molecule has 0 N–H and O–H groups in total. The average molecular weight is 245 g/mol. The number of rotatable bonds is 5. The van der Waals surface area contributed by atoms with Gasteiger partial charge in [-0.25, -0.2) is 0 Å². The van der Waals surface area contributed by atoms with Crippen LogP contribution in [0.5, 0.6) is 0 Å². The summed E-state index contributed by atoms with van der Waals surface area (Å²) >= 11 is 1.28. The molecule has 0 aliphatic heterocycles. The Bertz CT molecular complexity index is 404. The standard InChI is InChI=1S/C8H11N3O4S/c1-6-3-7(11(13)14)9-10(6)5-16-4-8(12)15-2/h3H,4-5H2,1-2H3. The average Bonchev–Trinajstić information content (AvgIpc) is 2.60. The molecule has 0 radical (unpaired) electrons. The summed E-state index contributed by atoms with van der Waals surface area (Å²) in [5.41, 5.74) is 0.684. The lowest BCUT2D eigenvalue weighted by Gasteiger charge is -1.99. The molecule has 1 rings (SSSR count). The van der Waals surface area contributed by atoms with Crippen molar-refractivity contribution in [3.8, 4) is 0 Å². The fraction of sp³-hybridized carbons (Fsp3) is 0.500. The molecule has 1 aromatic rings. The maximum absolute atomic E-state index is 10.8. The van der Waals surface area contributed by atoms with E-state index in [0.29, 0.717) is 11.6 Å². The summed E-state index contributed by atoms with van der Waals surface area (Å²) < 4.78 is 5.94. The Kier molecular flexibility index (Phi) is 4.29. The molecule has 7 nitrogen and oxygen atoms in total. The summed E-state index contributed by atoms with van der Waals surface area (Å²) in [7, 11) is 1.31.